The van der Waals surface area contributed by atoms with Crippen LogP contribution in [0.3, 0.4) is 0 Å². The largest absolute Gasteiger partial charge is 0.481 e. The van der Waals surface area contributed by atoms with Gasteiger partial charge in [0.05, 0.1) is 17.0 Å². The van der Waals surface area contributed by atoms with Crippen LogP contribution in [0.25, 0.3) is 0 Å². The Bertz CT molecular complexity index is 1030. The molecule has 2 saturated carbocycles. The molecule has 1 unspecified atom stereocenters. The Morgan fingerprint density at radius 2 is 1.82 bits per heavy atom. The number of carbonyl (C=O) groups is 1. The van der Waals surface area contributed by atoms with E-state index < -0.39 is 11.4 Å². The van der Waals surface area contributed by atoms with Crippen LogP contribution in [0.15, 0.2) is 54.6 Å². The molecule has 0 bridgehead atoms. The summed E-state index contributed by atoms with van der Waals surface area (Å²) in [6, 6.07) is 21.3. The molecule has 0 spiro atoms. The fourth-order valence-electron chi connectivity index (χ4n) is 6.07. The van der Waals surface area contributed by atoms with Gasteiger partial charge < -0.3 is 10.0 Å². The first kappa shape index (κ1) is 22.2. The number of nitriles is 1. The molecule has 4 heteroatoms. The maximum atomic E-state index is 11.7. The van der Waals surface area contributed by atoms with E-state index in [9.17, 15) is 15.2 Å². The molecule has 2 aliphatic carbocycles. The number of nitrogens with zero attached hydrogens (tertiary/aromatic N) is 2. The van der Waals surface area contributed by atoms with Gasteiger partial charge >= 0.3 is 5.97 Å². The highest BCUT2D eigenvalue weighted by Gasteiger charge is 2.52. The summed E-state index contributed by atoms with van der Waals surface area (Å²) in [6.45, 7) is 2.68. The monoisotopic (exact) mass is 442 g/mol. The molecule has 3 aliphatic rings. The second-order valence-electron chi connectivity index (χ2n) is 10.9. The van der Waals surface area contributed by atoms with E-state index in [-0.39, 0.29) is 5.41 Å². The van der Waals surface area contributed by atoms with Crippen molar-refractivity contribution in [1.29, 1.82) is 5.26 Å². The summed E-state index contributed by atoms with van der Waals surface area (Å²) in [4.78, 5) is 14.1. The van der Waals surface area contributed by atoms with Crippen LogP contribution < -0.4 is 0 Å². The predicted molar refractivity (Wildman–Crippen MR) is 129 cm³/mol. The molecule has 0 radical (unpaired) electrons. The van der Waals surface area contributed by atoms with E-state index >= 15 is 0 Å². The first-order chi connectivity index (χ1) is 16.0. The van der Waals surface area contributed by atoms with Crippen molar-refractivity contribution in [3.63, 3.8) is 0 Å². The zero-order chi connectivity index (χ0) is 22.9. The van der Waals surface area contributed by atoms with Gasteiger partial charge in [-0.1, -0.05) is 42.5 Å². The maximum absolute atomic E-state index is 11.7. The highest BCUT2D eigenvalue weighted by molar-refractivity contribution is 5.78. The molecule has 33 heavy (non-hydrogen) atoms. The van der Waals surface area contributed by atoms with Crippen LogP contribution in [-0.4, -0.2) is 35.6 Å². The van der Waals surface area contributed by atoms with Gasteiger partial charge in [-0.3, -0.25) is 4.79 Å². The van der Waals surface area contributed by atoms with Gasteiger partial charge in [0.1, 0.15) is 0 Å². The number of rotatable bonds is 9. The molecule has 1 saturated heterocycles. The SMILES string of the molecule is N#Cc1cccc(CC2(CC[C@@H]3CC3c3ccccc3)CCN(CC3(C(=O)O)CC3)CC2)c1. The van der Waals surface area contributed by atoms with E-state index in [1.165, 1.54) is 30.4 Å². The quantitative estimate of drug-likeness (QED) is 0.546. The molecule has 1 heterocycles. The van der Waals surface area contributed by atoms with Crippen molar-refractivity contribution in [3.05, 3.63) is 71.3 Å². The molecule has 1 N–H and O–H groups in total. The molecular weight excluding hydrogens is 408 g/mol. The predicted octanol–water partition coefficient (Wildman–Crippen LogP) is 5.63. The number of carboxylic acid groups (broad SMARTS) is 1. The van der Waals surface area contributed by atoms with Gasteiger partial charge in [0.2, 0.25) is 0 Å². The third-order valence-electron chi connectivity index (χ3n) is 8.58. The number of likely N-dealkylation sites (tertiary alicyclic amines) is 1. The number of hydrogen-bond donors (Lipinski definition) is 1. The van der Waals surface area contributed by atoms with Crippen molar-refractivity contribution in [2.45, 2.75) is 57.3 Å². The normalized spacial score (nSPS) is 25.2. The number of aliphatic carboxylic acids is 1. The Labute approximate surface area is 197 Å². The lowest BCUT2D eigenvalue weighted by atomic mass is 9.70. The second kappa shape index (κ2) is 8.95. The van der Waals surface area contributed by atoms with Gasteiger partial charge in [0.25, 0.3) is 0 Å². The van der Waals surface area contributed by atoms with Crippen LogP contribution in [-0.2, 0) is 11.2 Å². The van der Waals surface area contributed by atoms with Crippen LogP contribution in [0.5, 0.6) is 0 Å². The van der Waals surface area contributed by atoms with Crippen LogP contribution in [0, 0.1) is 28.1 Å². The van der Waals surface area contributed by atoms with E-state index in [1.807, 2.05) is 12.1 Å². The van der Waals surface area contributed by atoms with Crippen molar-refractivity contribution in [2.75, 3.05) is 19.6 Å². The molecule has 2 atom stereocenters. The summed E-state index contributed by atoms with van der Waals surface area (Å²) in [7, 11) is 0. The summed E-state index contributed by atoms with van der Waals surface area (Å²) in [6.07, 6.45) is 8.68. The van der Waals surface area contributed by atoms with Crippen LogP contribution in [0.1, 0.15) is 67.6 Å². The van der Waals surface area contributed by atoms with Gasteiger partial charge in [-0.2, -0.15) is 5.26 Å². The lowest BCUT2D eigenvalue weighted by Crippen LogP contribution is -2.44. The van der Waals surface area contributed by atoms with Gasteiger partial charge in [-0.05, 0) is 105 Å². The van der Waals surface area contributed by atoms with Crippen molar-refractivity contribution in [1.82, 2.24) is 4.90 Å². The summed E-state index contributed by atoms with van der Waals surface area (Å²) in [5.41, 5.74) is 3.26. The van der Waals surface area contributed by atoms with Crippen LogP contribution >= 0.6 is 0 Å². The van der Waals surface area contributed by atoms with Crippen molar-refractivity contribution in [3.8, 4) is 6.07 Å². The number of carboxylic acids is 1. The minimum absolute atomic E-state index is 0.244. The summed E-state index contributed by atoms with van der Waals surface area (Å²) < 4.78 is 0. The van der Waals surface area contributed by atoms with Crippen molar-refractivity contribution < 1.29 is 9.90 Å². The standard InChI is InChI=1S/C29H34N2O2/c30-20-23-6-4-5-22(17-23)19-28(10-9-25-18-26(25)24-7-2-1-3-8-24)13-15-31(16-14-28)21-29(11-12-29)27(32)33/h1-8,17,25-26H,9-16,18-19,21H2,(H,32,33)/t25-,26?/m1/s1. The topological polar surface area (TPSA) is 64.3 Å². The summed E-state index contributed by atoms with van der Waals surface area (Å²) in [5.74, 6) is 0.887. The van der Waals surface area contributed by atoms with Crippen molar-refractivity contribution >= 4 is 5.97 Å². The van der Waals surface area contributed by atoms with Crippen LogP contribution in [0.4, 0.5) is 0 Å². The van der Waals surface area contributed by atoms with E-state index in [2.05, 4.69) is 53.4 Å². The Balaban J connectivity index is 1.25. The number of piperidine rings is 1. The zero-order valence-electron chi connectivity index (χ0n) is 19.4. The van der Waals surface area contributed by atoms with Gasteiger partial charge in [0, 0.05) is 6.54 Å². The summed E-state index contributed by atoms with van der Waals surface area (Å²) >= 11 is 0. The lowest BCUT2D eigenvalue weighted by Gasteiger charge is -2.43. The first-order valence-corrected chi connectivity index (χ1v) is 12.5. The molecular formula is C29H34N2O2. The highest BCUT2D eigenvalue weighted by Crippen LogP contribution is 2.53. The average Bonchev–Trinajstić information content (AvgIpc) is 3.76. The Hall–Kier alpha value is -2.64. The fourth-order valence-corrected chi connectivity index (χ4v) is 6.07. The Morgan fingerprint density at radius 1 is 1.06 bits per heavy atom. The van der Waals surface area contributed by atoms with E-state index in [1.54, 1.807) is 0 Å². The minimum atomic E-state index is -0.617. The summed E-state index contributed by atoms with van der Waals surface area (Å²) in [5, 5.41) is 18.9. The van der Waals surface area contributed by atoms with E-state index in [0.29, 0.717) is 6.54 Å². The molecule has 2 aromatic carbocycles. The minimum Gasteiger partial charge on any atom is -0.481 e. The molecule has 5 rings (SSSR count). The molecule has 172 valence electrons. The van der Waals surface area contributed by atoms with E-state index in [4.69, 9.17) is 0 Å². The van der Waals surface area contributed by atoms with Gasteiger partial charge in [0.15, 0.2) is 0 Å². The zero-order valence-corrected chi connectivity index (χ0v) is 19.4. The first-order valence-electron chi connectivity index (χ1n) is 12.5. The third-order valence-corrected chi connectivity index (χ3v) is 8.58. The Kier molecular flexibility index (Phi) is 6.01. The molecule has 2 aromatic rings. The van der Waals surface area contributed by atoms with Gasteiger partial charge in [-0.25, -0.2) is 0 Å². The lowest BCUT2D eigenvalue weighted by molar-refractivity contribution is -0.144. The van der Waals surface area contributed by atoms with Crippen molar-refractivity contribution in [2.24, 2.45) is 16.7 Å². The fraction of sp³-hybridized carbons (Fsp3) is 0.517. The number of benzene rings is 2. The maximum Gasteiger partial charge on any atom is 0.310 e. The second-order valence-corrected chi connectivity index (χ2v) is 10.9. The molecule has 0 amide bonds. The molecule has 3 fully saturated rings. The molecule has 4 nitrogen and oxygen atoms in total. The van der Waals surface area contributed by atoms with E-state index in [0.717, 1.165) is 62.6 Å². The third kappa shape index (κ3) is 4.99. The smallest absolute Gasteiger partial charge is 0.310 e. The molecule has 0 aromatic heterocycles. The van der Waals surface area contributed by atoms with Gasteiger partial charge in [-0.15, -0.1) is 0 Å². The van der Waals surface area contributed by atoms with Crippen LogP contribution in [0.2, 0.25) is 0 Å². The Morgan fingerprint density at radius 3 is 2.48 bits per heavy atom. The molecule has 1 aliphatic heterocycles. The highest BCUT2D eigenvalue weighted by atomic mass is 16.4. The average molecular weight is 443 g/mol. The number of hydrogen-bond acceptors (Lipinski definition) is 3.